The van der Waals surface area contributed by atoms with Gasteiger partial charge in [0.2, 0.25) is 5.91 Å². The van der Waals surface area contributed by atoms with Gasteiger partial charge in [-0.05, 0) is 60.8 Å². The van der Waals surface area contributed by atoms with E-state index in [0.29, 0.717) is 28.7 Å². The van der Waals surface area contributed by atoms with Crippen LogP contribution in [-0.4, -0.2) is 12.5 Å². The van der Waals surface area contributed by atoms with Crippen LogP contribution in [0.4, 0.5) is 15.8 Å². The van der Waals surface area contributed by atoms with Gasteiger partial charge in [0.05, 0.1) is 22.3 Å². The van der Waals surface area contributed by atoms with Crippen LogP contribution in [0.25, 0.3) is 0 Å². The maximum atomic E-state index is 13.5. The van der Waals surface area contributed by atoms with Gasteiger partial charge in [-0.1, -0.05) is 23.2 Å². The standard InChI is InChI=1S/C20H19Cl2FN2OS/c21-14-4-13(25-2-1-12-3-17(23)27-16(12)10-25)5-15(22)19(14)24-18(26)9-20-6-11(7-20)8-20/h3-5,11H,1-2,6-10H2,(H,24,26). The molecule has 4 aliphatic rings. The normalized spacial score (nSPS) is 25.4. The van der Waals surface area contributed by atoms with E-state index >= 15 is 0 Å². The number of nitrogens with zero attached hydrogens (tertiary/aromatic N) is 1. The van der Waals surface area contributed by atoms with E-state index in [1.807, 2.05) is 12.1 Å². The van der Waals surface area contributed by atoms with Gasteiger partial charge in [-0.2, -0.15) is 4.39 Å². The number of fused-ring (bicyclic) bond motifs is 1. The van der Waals surface area contributed by atoms with Crippen molar-refractivity contribution < 1.29 is 9.18 Å². The first-order valence-electron chi connectivity index (χ1n) is 9.22. The highest BCUT2D eigenvalue weighted by atomic mass is 35.5. The van der Waals surface area contributed by atoms with E-state index in [2.05, 4.69) is 10.2 Å². The highest BCUT2D eigenvalue weighted by Crippen LogP contribution is 2.66. The molecule has 2 heterocycles. The van der Waals surface area contributed by atoms with Crippen molar-refractivity contribution >= 4 is 51.8 Å². The van der Waals surface area contributed by atoms with E-state index < -0.39 is 0 Å². The zero-order valence-electron chi connectivity index (χ0n) is 14.7. The van der Waals surface area contributed by atoms with E-state index in [1.54, 1.807) is 6.07 Å². The number of hydrogen-bond donors (Lipinski definition) is 1. The maximum Gasteiger partial charge on any atom is 0.225 e. The van der Waals surface area contributed by atoms with Crippen molar-refractivity contribution in [3.63, 3.8) is 0 Å². The third-order valence-electron chi connectivity index (χ3n) is 6.21. The first kappa shape index (κ1) is 17.8. The Hall–Kier alpha value is -1.30. The largest absolute Gasteiger partial charge is 0.366 e. The number of anilines is 2. The molecule has 0 spiro atoms. The van der Waals surface area contributed by atoms with Gasteiger partial charge in [-0.15, -0.1) is 11.3 Å². The molecule has 1 amide bonds. The minimum Gasteiger partial charge on any atom is -0.366 e. The van der Waals surface area contributed by atoms with Gasteiger partial charge in [0.25, 0.3) is 0 Å². The number of halogens is 3. The van der Waals surface area contributed by atoms with E-state index in [0.717, 1.165) is 35.0 Å². The Kier molecular flexibility index (Phi) is 4.19. The molecule has 0 radical (unpaired) electrons. The zero-order valence-corrected chi connectivity index (χ0v) is 17.0. The van der Waals surface area contributed by atoms with Crippen molar-refractivity contribution in [1.82, 2.24) is 0 Å². The van der Waals surface area contributed by atoms with Crippen LogP contribution in [-0.2, 0) is 17.8 Å². The average molecular weight is 425 g/mol. The van der Waals surface area contributed by atoms with Crippen LogP contribution in [0.3, 0.4) is 0 Å². The van der Waals surface area contributed by atoms with Crippen molar-refractivity contribution in [3.05, 3.63) is 43.8 Å². The molecule has 1 aromatic carbocycles. The van der Waals surface area contributed by atoms with Gasteiger partial charge in [0.1, 0.15) is 0 Å². The highest BCUT2D eigenvalue weighted by molar-refractivity contribution is 7.10. The van der Waals surface area contributed by atoms with E-state index in [9.17, 15) is 9.18 Å². The number of amides is 1. The predicted octanol–water partition coefficient (Wildman–Crippen LogP) is 5.89. The molecule has 3 saturated carbocycles. The number of carbonyl (C=O) groups is 1. The van der Waals surface area contributed by atoms with Crippen LogP contribution in [0.2, 0.25) is 10.0 Å². The first-order chi connectivity index (χ1) is 12.9. The summed E-state index contributed by atoms with van der Waals surface area (Å²) in [5.74, 6) is 0.840. The lowest BCUT2D eigenvalue weighted by Crippen LogP contribution is -2.53. The van der Waals surface area contributed by atoms with Crippen LogP contribution < -0.4 is 10.2 Å². The third-order valence-corrected chi connectivity index (χ3v) is 7.76. The topological polar surface area (TPSA) is 32.3 Å². The molecule has 1 aromatic heterocycles. The van der Waals surface area contributed by atoms with Gasteiger partial charge in [-0.25, -0.2) is 0 Å². The van der Waals surface area contributed by atoms with Crippen molar-refractivity contribution in [1.29, 1.82) is 0 Å². The molecule has 0 atom stereocenters. The van der Waals surface area contributed by atoms with Gasteiger partial charge in [-0.3, -0.25) is 4.79 Å². The van der Waals surface area contributed by atoms with E-state index in [1.165, 1.54) is 30.6 Å². The smallest absolute Gasteiger partial charge is 0.225 e. The summed E-state index contributed by atoms with van der Waals surface area (Å²) in [5.41, 5.74) is 2.71. The number of rotatable bonds is 4. The highest BCUT2D eigenvalue weighted by Gasteiger charge is 2.56. The van der Waals surface area contributed by atoms with Crippen LogP contribution in [0.15, 0.2) is 18.2 Å². The lowest BCUT2D eigenvalue weighted by Gasteiger charge is -2.61. The van der Waals surface area contributed by atoms with Gasteiger partial charge >= 0.3 is 0 Å². The van der Waals surface area contributed by atoms with Crippen molar-refractivity contribution in [3.8, 4) is 0 Å². The molecule has 3 aliphatic carbocycles. The van der Waals surface area contributed by atoms with E-state index in [4.69, 9.17) is 23.2 Å². The number of carbonyl (C=O) groups excluding carboxylic acids is 1. The van der Waals surface area contributed by atoms with Crippen molar-refractivity contribution in [2.75, 3.05) is 16.8 Å². The number of thiophene rings is 1. The molecule has 2 bridgehead atoms. The van der Waals surface area contributed by atoms with Crippen LogP contribution in [0.1, 0.15) is 36.1 Å². The lowest BCUT2D eigenvalue weighted by atomic mass is 9.43. The Labute approximate surface area is 171 Å². The number of nitrogens with one attached hydrogen (secondary N) is 1. The summed E-state index contributed by atoms with van der Waals surface area (Å²) in [6, 6.07) is 5.29. The Morgan fingerprint density at radius 1 is 1.26 bits per heavy atom. The van der Waals surface area contributed by atoms with Crippen molar-refractivity contribution in [2.24, 2.45) is 11.3 Å². The Morgan fingerprint density at radius 3 is 2.59 bits per heavy atom. The fourth-order valence-electron chi connectivity index (χ4n) is 4.76. The van der Waals surface area contributed by atoms with Crippen molar-refractivity contribution in [2.45, 2.75) is 38.6 Å². The van der Waals surface area contributed by atoms with Crippen LogP contribution >= 0.6 is 34.5 Å². The summed E-state index contributed by atoms with van der Waals surface area (Å²) in [5, 5.41) is 3.64. The van der Waals surface area contributed by atoms with Crippen LogP contribution in [0, 0.1) is 16.5 Å². The molecule has 7 heteroatoms. The summed E-state index contributed by atoms with van der Waals surface area (Å²) in [4.78, 5) is 15.6. The molecule has 142 valence electrons. The van der Waals surface area contributed by atoms with Crippen LogP contribution in [0.5, 0.6) is 0 Å². The first-order valence-corrected chi connectivity index (χ1v) is 10.8. The predicted molar refractivity (Wildman–Crippen MR) is 109 cm³/mol. The Bertz CT molecular complexity index is 904. The quantitative estimate of drug-likeness (QED) is 0.663. The maximum absolute atomic E-state index is 13.5. The van der Waals surface area contributed by atoms with E-state index in [-0.39, 0.29) is 16.5 Å². The minimum absolute atomic E-state index is 0.0126. The second-order valence-corrected chi connectivity index (χ2v) is 10.1. The summed E-state index contributed by atoms with van der Waals surface area (Å²) < 4.78 is 13.5. The second-order valence-electron chi connectivity index (χ2n) is 8.16. The molecular weight excluding hydrogens is 406 g/mol. The Morgan fingerprint density at radius 2 is 1.96 bits per heavy atom. The zero-order chi connectivity index (χ0) is 18.8. The minimum atomic E-state index is -0.139. The molecule has 1 N–H and O–H groups in total. The van der Waals surface area contributed by atoms with Gasteiger partial charge in [0, 0.05) is 23.5 Å². The molecular formula is C20H19Cl2FN2OS. The molecule has 3 fully saturated rings. The molecule has 27 heavy (non-hydrogen) atoms. The average Bonchev–Trinajstić information content (AvgIpc) is 2.92. The second kappa shape index (κ2) is 6.36. The molecule has 2 aromatic rings. The number of hydrogen-bond acceptors (Lipinski definition) is 3. The molecule has 1 aliphatic heterocycles. The third kappa shape index (κ3) is 3.14. The monoisotopic (exact) mass is 424 g/mol. The van der Waals surface area contributed by atoms with Gasteiger partial charge < -0.3 is 10.2 Å². The lowest BCUT2D eigenvalue weighted by molar-refractivity contribution is -0.139. The summed E-state index contributed by atoms with van der Waals surface area (Å²) >= 11 is 14.1. The summed E-state index contributed by atoms with van der Waals surface area (Å²) in [6.07, 6.45) is 4.90. The van der Waals surface area contributed by atoms with Gasteiger partial charge in [0.15, 0.2) is 5.13 Å². The summed E-state index contributed by atoms with van der Waals surface area (Å²) in [7, 11) is 0. The SMILES string of the molecule is O=C(CC12CC(C1)C2)Nc1c(Cl)cc(N2CCc3cc(F)sc3C2)cc1Cl. The molecule has 3 nitrogen and oxygen atoms in total. The Balaban J connectivity index is 1.31. The fourth-order valence-corrected chi connectivity index (χ4v) is 6.28. The molecule has 0 saturated heterocycles. The number of benzene rings is 1. The summed E-state index contributed by atoms with van der Waals surface area (Å²) in [6.45, 7) is 1.43. The molecule has 6 rings (SSSR count). The fraction of sp³-hybridized carbons (Fsp3) is 0.450. The molecule has 0 unspecified atom stereocenters.